The van der Waals surface area contributed by atoms with Crippen LogP contribution in [0.2, 0.25) is 0 Å². The standard InChI is InChI=1S/C29H26N2O5S2/c32-25-21-30(37(33,34)26-17-9-3-10-18-26)28(23-13-5-1-6-14-23)29(24-15-7-2-8-16-24)31(22-25)38(35,36)27-19-11-4-12-20-27/h1-20,28-29H,21-22H2/t28-,29-/m0/s1. The van der Waals surface area contributed by atoms with Gasteiger partial charge in [-0.25, -0.2) is 16.8 Å². The first-order chi connectivity index (χ1) is 18.3. The molecule has 0 amide bonds. The van der Waals surface area contributed by atoms with Gasteiger partial charge < -0.3 is 0 Å². The summed E-state index contributed by atoms with van der Waals surface area (Å²) >= 11 is 0. The molecule has 7 nitrogen and oxygen atoms in total. The summed E-state index contributed by atoms with van der Waals surface area (Å²) in [7, 11) is -8.40. The van der Waals surface area contributed by atoms with Crippen LogP contribution >= 0.6 is 0 Å². The summed E-state index contributed by atoms with van der Waals surface area (Å²) in [5, 5.41) is 0. The molecule has 1 saturated heterocycles. The van der Waals surface area contributed by atoms with E-state index in [-0.39, 0.29) is 9.79 Å². The van der Waals surface area contributed by atoms with Crippen LogP contribution in [0.1, 0.15) is 23.2 Å². The van der Waals surface area contributed by atoms with E-state index in [0.29, 0.717) is 11.1 Å². The lowest BCUT2D eigenvalue weighted by Crippen LogP contribution is -2.42. The highest BCUT2D eigenvalue weighted by atomic mass is 32.2. The third-order valence-electron chi connectivity index (χ3n) is 6.57. The van der Waals surface area contributed by atoms with Crippen LogP contribution in [-0.4, -0.2) is 44.3 Å². The van der Waals surface area contributed by atoms with Crippen LogP contribution in [0.5, 0.6) is 0 Å². The van der Waals surface area contributed by atoms with Crippen molar-refractivity contribution in [3.05, 3.63) is 132 Å². The van der Waals surface area contributed by atoms with Crippen LogP contribution in [-0.2, 0) is 24.8 Å². The smallest absolute Gasteiger partial charge is 0.244 e. The van der Waals surface area contributed by atoms with Crippen LogP contribution in [0.4, 0.5) is 0 Å². The highest BCUT2D eigenvalue weighted by Gasteiger charge is 2.48. The molecular weight excluding hydrogens is 520 g/mol. The zero-order valence-electron chi connectivity index (χ0n) is 20.4. The number of hydrogen-bond donors (Lipinski definition) is 0. The lowest BCUT2D eigenvalue weighted by atomic mass is 9.93. The van der Waals surface area contributed by atoms with E-state index in [1.807, 2.05) is 0 Å². The van der Waals surface area contributed by atoms with Crippen molar-refractivity contribution in [2.24, 2.45) is 0 Å². The van der Waals surface area contributed by atoms with Crippen LogP contribution in [0.15, 0.2) is 131 Å². The van der Waals surface area contributed by atoms with E-state index in [1.54, 1.807) is 97.1 Å². The molecule has 2 atom stereocenters. The Morgan fingerprint density at radius 1 is 0.474 bits per heavy atom. The Kier molecular flexibility index (Phi) is 7.27. The molecule has 0 spiro atoms. The summed E-state index contributed by atoms with van der Waals surface area (Å²) < 4.78 is 58.6. The number of carbonyl (C=O) groups is 1. The second-order valence-electron chi connectivity index (χ2n) is 8.98. The minimum Gasteiger partial charge on any atom is -0.297 e. The van der Waals surface area contributed by atoms with Crippen LogP contribution in [0.3, 0.4) is 0 Å². The number of nitrogens with zero attached hydrogens (tertiary/aromatic N) is 2. The summed E-state index contributed by atoms with van der Waals surface area (Å²) in [6.45, 7) is -0.943. The van der Waals surface area contributed by atoms with Gasteiger partial charge in [-0.1, -0.05) is 97.1 Å². The molecule has 0 saturated carbocycles. The van der Waals surface area contributed by atoms with Crippen molar-refractivity contribution in [2.45, 2.75) is 21.9 Å². The topological polar surface area (TPSA) is 91.8 Å². The average molecular weight is 547 g/mol. The largest absolute Gasteiger partial charge is 0.297 e. The first-order valence-corrected chi connectivity index (χ1v) is 14.9. The molecule has 194 valence electrons. The van der Waals surface area contributed by atoms with E-state index >= 15 is 0 Å². The summed E-state index contributed by atoms with van der Waals surface area (Å²) in [6.07, 6.45) is 0. The Labute approximate surface area is 223 Å². The predicted octanol–water partition coefficient (Wildman–Crippen LogP) is 4.43. The van der Waals surface area contributed by atoms with Gasteiger partial charge in [0, 0.05) is 0 Å². The fourth-order valence-electron chi connectivity index (χ4n) is 4.83. The molecule has 4 aromatic rings. The molecule has 1 fully saturated rings. The second-order valence-corrected chi connectivity index (χ2v) is 12.8. The molecule has 0 bridgehead atoms. The maximum absolute atomic E-state index is 14.1. The molecule has 9 heteroatoms. The number of carbonyl (C=O) groups excluding carboxylic acids is 1. The van der Waals surface area contributed by atoms with Crippen LogP contribution in [0, 0.1) is 0 Å². The minimum absolute atomic E-state index is 0.0277. The zero-order valence-corrected chi connectivity index (χ0v) is 22.0. The number of Topliss-reactive ketones (excluding diaryl/α,β-unsaturated/α-hetero) is 1. The van der Waals surface area contributed by atoms with Crippen molar-refractivity contribution < 1.29 is 21.6 Å². The first kappa shape index (κ1) is 26.0. The highest BCUT2D eigenvalue weighted by Crippen LogP contribution is 2.44. The van der Waals surface area contributed by atoms with Gasteiger partial charge in [-0.15, -0.1) is 0 Å². The first-order valence-electron chi connectivity index (χ1n) is 12.1. The molecule has 38 heavy (non-hydrogen) atoms. The Balaban J connectivity index is 1.79. The highest BCUT2D eigenvalue weighted by molar-refractivity contribution is 7.89. The minimum atomic E-state index is -4.20. The summed E-state index contributed by atoms with van der Waals surface area (Å²) in [4.78, 5) is 13.5. The number of ketones is 1. The molecule has 5 rings (SSSR count). The van der Waals surface area contributed by atoms with E-state index in [9.17, 15) is 21.6 Å². The van der Waals surface area contributed by atoms with E-state index in [2.05, 4.69) is 0 Å². The van der Waals surface area contributed by atoms with Crippen molar-refractivity contribution in [3.63, 3.8) is 0 Å². The third kappa shape index (κ3) is 4.93. The molecule has 0 N–H and O–H groups in total. The number of hydrogen-bond acceptors (Lipinski definition) is 5. The van der Waals surface area contributed by atoms with E-state index in [4.69, 9.17) is 0 Å². The Morgan fingerprint density at radius 3 is 1.08 bits per heavy atom. The number of rotatable bonds is 6. The van der Waals surface area contributed by atoms with Crippen molar-refractivity contribution in [3.8, 4) is 0 Å². The van der Waals surface area contributed by atoms with Gasteiger partial charge in [0.25, 0.3) is 0 Å². The van der Waals surface area contributed by atoms with E-state index in [0.717, 1.165) is 8.61 Å². The molecular formula is C29H26N2O5S2. The van der Waals surface area contributed by atoms with Gasteiger partial charge in [0.05, 0.1) is 35.0 Å². The zero-order chi connectivity index (χ0) is 26.8. The Morgan fingerprint density at radius 2 is 0.763 bits per heavy atom. The normalized spacial score (nSPS) is 19.6. The summed E-state index contributed by atoms with van der Waals surface area (Å²) in [5.41, 5.74) is 1.15. The lowest BCUT2D eigenvalue weighted by Gasteiger charge is -2.38. The summed E-state index contributed by atoms with van der Waals surface area (Å²) in [6, 6.07) is 31.5. The molecule has 0 aliphatic carbocycles. The Bertz CT molecular complexity index is 1490. The van der Waals surface area contributed by atoms with Crippen molar-refractivity contribution in [1.29, 1.82) is 0 Å². The van der Waals surface area contributed by atoms with E-state index < -0.39 is 51.0 Å². The monoisotopic (exact) mass is 546 g/mol. The van der Waals surface area contributed by atoms with E-state index in [1.165, 1.54) is 24.3 Å². The van der Waals surface area contributed by atoms with Gasteiger partial charge in [0.1, 0.15) is 0 Å². The molecule has 0 aromatic heterocycles. The molecule has 4 aromatic carbocycles. The van der Waals surface area contributed by atoms with Gasteiger partial charge >= 0.3 is 0 Å². The van der Waals surface area contributed by atoms with Gasteiger partial charge in [0.2, 0.25) is 20.0 Å². The molecule has 1 aliphatic rings. The fraction of sp³-hybridized carbons (Fsp3) is 0.138. The summed E-state index contributed by atoms with van der Waals surface area (Å²) in [5.74, 6) is -0.525. The molecule has 0 radical (unpaired) electrons. The van der Waals surface area contributed by atoms with Crippen molar-refractivity contribution in [1.82, 2.24) is 8.61 Å². The molecule has 0 unspecified atom stereocenters. The van der Waals surface area contributed by atoms with Gasteiger partial charge in [0.15, 0.2) is 5.78 Å². The van der Waals surface area contributed by atoms with Gasteiger partial charge in [-0.3, -0.25) is 4.79 Å². The average Bonchev–Trinajstić information content (AvgIpc) is 3.12. The van der Waals surface area contributed by atoms with Crippen molar-refractivity contribution in [2.75, 3.05) is 13.1 Å². The maximum atomic E-state index is 14.1. The Hall–Kier alpha value is -3.63. The van der Waals surface area contributed by atoms with Gasteiger partial charge in [-0.2, -0.15) is 8.61 Å². The second kappa shape index (κ2) is 10.6. The van der Waals surface area contributed by atoms with Crippen molar-refractivity contribution >= 4 is 25.8 Å². The number of sulfonamides is 2. The quantitative estimate of drug-likeness (QED) is 0.357. The fourth-order valence-corrected chi connectivity index (χ4v) is 8.08. The van der Waals surface area contributed by atoms with Crippen LogP contribution in [0.25, 0.3) is 0 Å². The van der Waals surface area contributed by atoms with Gasteiger partial charge in [-0.05, 0) is 35.4 Å². The molecule has 1 aliphatic heterocycles. The maximum Gasteiger partial charge on any atom is 0.244 e. The third-order valence-corrected chi connectivity index (χ3v) is 10.2. The van der Waals surface area contributed by atoms with Crippen LogP contribution < -0.4 is 0 Å². The molecule has 1 heterocycles. The number of benzene rings is 4. The predicted molar refractivity (Wildman–Crippen MR) is 144 cm³/mol. The lowest BCUT2D eigenvalue weighted by molar-refractivity contribution is -0.118. The SMILES string of the molecule is O=C1CN(S(=O)(=O)c2ccccc2)[C@@H](c2ccccc2)[C@H](c2ccccc2)N(S(=O)(=O)c2ccccc2)C1.